The van der Waals surface area contributed by atoms with Gasteiger partial charge < -0.3 is 9.80 Å². The highest BCUT2D eigenvalue weighted by molar-refractivity contribution is 5.95. The average molecular weight is 384 g/mol. The van der Waals surface area contributed by atoms with Gasteiger partial charge in [0.15, 0.2) is 11.6 Å². The molecule has 4 nitrogen and oxygen atoms in total. The van der Waals surface area contributed by atoms with Gasteiger partial charge in [0.25, 0.3) is 0 Å². The van der Waals surface area contributed by atoms with Crippen LogP contribution in [-0.4, -0.2) is 30.3 Å². The fourth-order valence-electron chi connectivity index (χ4n) is 3.16. The maximum atomic E-state index is 13.4. The van der Waals surface area contributed by atoms with Gasteiger partial charge in [0.2, 0.25) is 11.8 Å². The van der Waals surface area contributed by atoms with Crippen molar-refractivity contribution in [2.24, 2.45) is 0 Å². The van der Waals surface area contributed by atoms with E-state index >= 15 is 0 Å². The Morgan fingerprint density at radius 3 is 2.46 bits per heavy atom. The number of amides is 2. The van der Waals surface area contributed by atoms with E-state index in [1.807, 2.05) is 24.3 Å². The fraction of sp³-hybridized carbons (Fsp3) is 0.273. The minimum Gasteiger partial charge on any atom is -0.335 e. The van der Waals surface area contributed by atoms with E-state index in [1.54, 1.807) is 24.9 Å². The van der Waals surface area contributed by atoms with Crippen molar-refractivity contribution >= 4 is 23.6 Å². The zero-order valence-corrected chi connectivity index (χ0v) is 15.9. The van der Waals surface area contributed by atoms with Crippen LogP contribution in [0.3, 0.4) is 0 Å². The van der Waals surface area contributed by atoms with Crippen molar-refractivity contribution in [2.45, 2.75) is 25.8 Å². The van der Waals surface area contributed by atoms with Crippen LogP contribution in [0, 0.1) is 11.6 Å². The van der Waals surface area contributed by atoms with E-state index in [1.165, 1.54) is 17.0 Å². The Balaban J connectivity index is 1.65. The van der Waals surface area contributed by atoms with Gasteiger partial charge in [-0.3, -0.25) is 9.59 Å². The van der Waals surface area contributed by atoms with Crippen molar-refractivity contribution < 1.29 is 18.4 Å². The monoisotopic (exact) mass is 384 g/mol. The summed E-state index contributed by atoms with van der Waals surface area (Å²) in [5.74, 6) is -1.97. The molecule has 1 aliphatic rings. The van der Waals surface area contributed by atoms with Crippen LogP contribution in [0.2, 0.25) is 0 Å². The number of hydrogen-bond acceptors (Lipinski definition) is 2. The lowest BCUT2D eigenvalue weighted by atomic mass is 10.1. The number of anilines is 1. The standard InChI is InChI=1S/C22H22F2N2O2/c1-15(17-8-11-19(23)20(24)14-17)25(2)21(27)12-7-16-5-9-18(10-6-16)26-13-3-4-22(26)28/h5-12,14-15H,3-4,13H2,1-2H3/b12-7+. The molecule has 2 aromatic carbocycles. The van der Waals surface area contributed by atoms with Crippen LogP contribution in [0.25, 0.3) is 6.08 Å². The van der Waals surface area contributed by atoms with Crippen LogP contribution in [-0.2, 0) is 9.59 Å². The number of carbonyl (C=O) groups is 2. The predicted octanol–water partition coefficient (Wildman–Crippen LogP) is 4.32. The molecule has 0 aliphatic carbocycles. The smallest absolute Gasteiger partial charge is 0.246 e. The topological polar surface area (TPSA) is 40.6 Å². The number of likely N-dealkylation sites (N-methyl/N-ethyl adjacent to an activating group) is 1. The molecule has 6 heteroatoms. The molecule has 1 unspecified atom stereocenters. The third-order valence-corrected chi connectivity index (χ3v) is 5.05. The highest BCUT2D eigenvalue weighted by Crippen LogP contribution is 2.23. The zero-order chi connectivity index (χ0) is 20.3. The Hall–Kier alpha value is -3.02. The summed E-state index contributed by atoms with van der Waals surface area (Å²) >= 11 is 0. The Morgan fingerprint density at radius 2 is 1.86 bits per heavy atom. The maximum absolute atomic E-state index is 13.4. The van der Waals surface area contributed by atoms with E-state index in [4.69, 9.17) is 0 Å². The minimum atomic E-state index is -0.933. The maximum Gasteiger partial charge on any atom is 0.246 e. The number of halogens is 2. The molecule has 0 spiro atoms. The van der Waals surface area contributed by atoms with Gasteiger partial charge in [0.1, 0.15) is 0 Å². The molecule has 0 bridgehead atoms. The molecule has 1 fully saturated rings. The van der Waals surface area contributed by atoms with E-state index in [0.29, 0.717) is 12.0 Å². The number of hydrogen-bond donors (Lipinski definition) is 0. The van der Waals surface area contributed by atoms with Gasteiger partial charge in [0, 0.05) is 31.8 Å². The lowest BCUT2D eigenvalue weighted by Gasteiger charge is -2.24. The first-order chi connectivity index (χ1) is 13.4. The summed E-state index contributed by atoms with van der Waals surface area (Å²) in [7, 11) is 1.61. The van der Waals surface area contributed by atoms with Crippen LogP contribution in [0.1, 0.15) is 36.9 Å². The minimum absolute atomic E-state index is 0.131. The number of carbonyl (C=O) groups excluding carboxylic acids is 2. The molecule has 146 valence electrons. The van der Waals surface area contributed by atoms with Crippen LogP contribution in [0.5, 0.6) is 0 Å². The Bertz CT molecular complexity index is 909. The summed E-state index contributed by atoms with van der Waals surface area (Å²) in [6.45, 7) is 2.49. The second kappa shape index (κ2) is 8.33. The molecule has 0 radical (unpaired) electrons. The van der Waals surface area contributed by atoms with E-state index < -0.39 is 17.7 Å². The van der Waals surface area contributed by atoms with Crippen molar-refractivity contribution in [1.29, 1.82) is 0 Å². The molecule has 0 saturated carbocycles. The normalized spacial score (nSPS) is 15.3. The quantitative estimate of drug-likeness (QED) is 0.720. The van der Waals surface area contributed by atoms with Crippen LogP contribution in [0.4, 0.5) is 14.5 Å². The van der Waals surface area contributed by atoms with Gasteiger partial charge >= 0.3 is 0 Å². The summed E-state index contributed by atoms with van der Waals surface area (Å²) in [4.78, 5) is 27.4. The van der Waals surface area contributed by atoms with Crippen LogP contribution >= 0.6 is 0 Å². The van der Waals surface area contributed by atoms with Gasteiger partial charge in [-0.1, -0.05) is 18.2 Å². The Labute approximate surface area is 163 Å². The number of nitrogens with zero attached hydrogens (tertiary/aromatic N) is 2. The van der Waals surface area contributed by atoms with E-state index in [0.717, 1.165) is 36.3 Å². The van der Waals surface area contributed by atoms with Gasteiger partial charge in [-0.15, -0.1) is 0 Å². The highest BCUT2D eigenvalue weighted by Gasteiger charge is 2.21. The summed E-state index contributed by atoms with van der Waals surface area (Å²) in [5, 5.41) is 0. The third kappa shape index (κ3) is 4.27. The lowest BCUT2D eigenvalue weighted by Crippen LogP contribution is -2.28. The van der Waals surface area contributed by atoms with Gasteiger partial charge in [-0.2, -0.15) is 0 Å². The molecule has 2 aromatic rings. The molecule has 0 N–H and O–H groups in total. The first kappa shape index (κ1) is 19.7. The first-order valence-corrected chi connectivity index (χ1v) is 9.17. The SMILES string of the molecule is CC(c1ccc(F)c(F)c1)N(C)C(=O)/C=C/c1ccc(N2CCCC2=O)cc1. The van der Waals surface area contributed by atoms with Crippen molar-refractivity contribution in [1.82, 2.24) is 4.90 Å². The van der Waals surface area contributed by atoms with Crippen molar-refractivity contribution in [3.05, 3.63) is 71.3 Å². The molecule has 0 aromatic heterocycles. The molecule has 28 heavy (non-hydrogen) atoms. The summed E-state index contributed by atoms with van der Waals surface area (Å²) in [5.41, 5.74) is 2.20. The zero-order valence-electron chi connectivity index (χ0n) is 15.9. The molecular weight excluding hydrogens is 362 g/mol. The van der Waals surface area contributed by atoms with Gasteiger partial charge in [-0.05, 0) is 54.8 Å². The Morgan fingerprint density at radius 1 is 1.14 bits per heavy atom. The second-order valence-corrected chi connectivity index (χ2v) is 6.87. The van der Waals surface area contributed by atoms with E-state index in [9.17, 15) is 18.4 Å². The number of benzene rings is 2. The predicted molar refractivity (Wildman–Crippen MR) is 105 cm³/mol. The van der Waals surface area contributed by atoms with E-state index in [2.05, 4.69) is 0 Å². The second-order valence-electron chi connectivity index (χ2n) is 6.87. The highest BCUT2D eigenvalue weighted by atomic mass is 19.2. The molecule has 1 heterocycles. The number of rotatable bonds is 5. The largest absolute Gasteiger partial charge is 0.335 e. The van der Waals surface area contributed by atoms with Crippen molar-refractivity contribution in [3.63, 3.8) is 0 Å². The fourth-order valence-corrected chi connectivity index (χ4v) is 3.16. The molecule has 1 atom stereocenters. The lowest BCUT2D eigenvalue weighted by molar-refractivity contribution is -0.126. The molecular formula is C22H22F2N2O2. The van der Waals surface area contributed by atoms with Gasteiger partial charge in [-0.25, -0.2) is 8.78 Å². The summed E-state index contributed by atoms with van der Waals surface area (Å²) in [6, 6.07) is 10.6. The molecule has 1 aliphatic heterocycles. The first-order valence-electron chi connectivity index (χ1n) is 9.17. The summed E-state index contributed by atoms with van der Waals surface area (Å²) in [6.07, 6.45) is 4.58. The van der Waals surface area contributed by atoms with Crippen LogP contribution in [0.15, 0.2) is 48.5 Å². The Kier molecular flexibility index (Phi) is 5.87. The van der Waals surface area contributed by atoms with Crippen molar-refractivity contribution in [3.8, 4) is 0 Å². The summed E-state index contributed by atoms with van der Waals surface area (Å²) < 4.78 is 26.5. The van der Waals surface area contributed by atoms with Gasteiger partial charge in [0.05, 0.1) is 6.04 Å². The molecule has 3 rings (SSSR count). The van der Waals surface area contributed by atoms with Crippen LogP contribution < -0.4 is 4.90 Å². The third-order valence-electron chi connectivity index (χ3n) is 5.05. The average Bonchev–Trinajstić information content (AvgIpc) is 3.13. The molecule has 1 saturated heterocycles. The van der Waals surface area contributed by atoms with E-state index in [-0.39, 0.29) is 11.8 Å². The van der Waals surface area contributed by atoms with Crippen molar-refractivity contribution in [2.75, 3.05) is 18.5 Å². The molecule has 2 amide bonds.